The monoisotopic (exact) mass is 703 g/mol. The van der Waals surface area contributed by atoms with Crippen LogP contribution in [0.5, 0.6) is 0 Å². The normalized spacial score (nSPS) is 20.1. The molecule has 0 heterocycles. The predicted octanol–water partition coefficient (Wildman–Crippen LogP) is 6.80. The molecule has 3 aromatic rings. The molecule has 0 amide bonds. The first-order chi connectivity index (χ1) is 21.1. The molecule has 252 valence electrons. The summed E-state index contributed by atoms with van der Waals surface area (Å²) in [7, 11) is -8.24. The summed E-state index contributed by atoms with van der Waals surface area (Å²) < 4.78 is 185. The highest BCUT2D eigenvalue weighted by atomic mass is 32.2. The van der Waals surface area contributed by atoms with Crippen molar-refractivity contribution >= 4 is 19.9 Å². The summed E-state index contributed by atoms with van der Waals surface area (Å²) in [6.45, 7) is -1.77. The molecule has 0 radical (unpaired) electrons. The van der Waals surface area contributed by atoms with E-state index in [-0.39, 0.29) is 36.1 Å². The zero-order valence-electron chi connectivity index (χ0n) is 23.7. The summed E-state index contributed by atoms with van der Waals surface area (Å²) in [5.74, 6) is -3.66. The van der Waals surface area contributed by atoms with Crippen LogP contribution in [0, 0.1) is 17.5 Å². The number of ether oxygens (including phenoxy) is 1. The summed E-state index contributed by atoms with van der Waals surface area (Å²) >= 11 is 0. The predicted molar refractivity (Wildman–Crippen MR) is 147 cm³/mol. The highest BCUT2D eigenvalue weighted by molar-refractivity contribution is 7.92. The van der Waals surface area contributed by atoms with Gasteiger partial charge in [-0.05, 0) is 67.6 Å². The van der Waals surface area contributed by atoms with Gasteiger partial charge in [-0.25, -0.2) is 34.7 Å². The number of sulfonamides is 1. The second-order valence-corrected chi connectivity index (χ2v) is 14.9. The summed E-state index contributed by atoms with van der Waals surface area (Å²) in [6, 6.07) is 7.25. The first-order valence-corrected chi connectivity index (χ1v) is 16.8. The van der Waals surface area contributed by atoms with Crippen molar-refractivity contribution in [2.45, 2.75) is 65.9 Å². The second-order valence-electron chi connectivity index (χ2n) is 10.9. The van der Waals surface area contributed by atoms with Crippen molar-refractivity contribution in [3.8, 4) is 0 Å². The van der Waals surface area contributed by atoms with Gasteiger partial charge in [-0.2, -0.15) is 26.3 Å². The molecule has 4 rings (SSSR count). The van der Waals surface area contributed by atoms with E-state index in [1.54, 1.807) is 0 Å². The van der Waals surface area contributed by atoms with E-state index in [4.69, 9.17) is 0 Å². The van der Waals surface area contributed by atoms with Gasteiger partial charge < -0.3 is 4.74 Å². The molecular formula is C29H26F9NO5S2. The van der Waals surface area contributed by atoms with Crippen LogP contribution < -0.4 is 4.72 Å². The molecule has 0 aromatic heterocycles. The third kappa shape index (κ3) is 6.64. The molecule has 0 atom stereocenters. The molecule has 3 aromatic carbocycles. The molecule has 1 N–H and O–H groups in total. The lowest BCUT2D eigenvalue weighted by atomic mass is 9.80. The smallest absolute Gasteiger partial charge is 0.349 e. The van der Waals surface area contributed by atoms with E-state index >= 15 is 0 Å². The van der Waals surface area contributed by atoms with Crippen LogP contribution in [0.25, 0.3) is 0 Å². The second kappa shape index (κ2) is 12.5. The molecule has 1 saturated carbocycles. The Hall–Kier alpha value is -3.15. The first kappa shape index (κ1) is 35.7. The van der Waals surface area contributed by atoms with E-state index < -0.39 is 83.8 Å². The largest absolute Gasteiger partial charge is 0.430 e. The molecule has 17 heteroatoms. The maximum absolute atomic E-state index is 14.4. The number of hydrogen-bond donors (Lipinski definition) is 1. The van der Waals surface area contributed by atoms with Crippen molar-refractivity contribution in [3.63, 3.8) is 0 Å². The fourth-order valence-electron chi connectivity index (χ4n) is 5.65. The first-order valence-electron chi connectivity index (χ1n) is 13.4. The number of nitrogens with one attached hydrogen (secondary N) is 1. The molecule has 0 spiro atoms. The third-order valence-electron chi connectivity index (χ3n) is 7.92. The average molecular weight is 704 g/mol. The molecule has 1 aliphatic carbocycles. The average Bonchev–Trinajstić information content (AvgIpc) is 2.93. The minimum Gasteiger partial charge on any atom is -0.349 e. The summed E-state index contributed by atoms with van der Waals surface area (Å²) in [4.78, 5) is -0.386. The third-order valence-corrected chi connectivity index (χ3v) is 11.3. The van der Waals surface area contributed by atoms with Crippen LogP contribution in [-0.4, -0.2) is 41.5 Å². The van der Waals surface area contributed by atoms with Crippen molar-refractivity contribution < 1.29 is 61.1 Å². The van der Waals surface area contributed by atoms with Crippen LogP contribution in [0.2, 0.25) is 0 Å². The Bertz CT molecular complexity index is 1730. The quantitative estimate of drug-likeness (QED) is 0.196. The molecule has 0 bridgehead atoms. The number of alkyl halides is 6. The zero-order chi connectivity index (χ0) is 34.3. The zero-order valence-corrected chi connectivity index (χ0v) is 25.4. The highest BCUT2D eigenvalue weighted by Crippen LogP contribution is 2.54. The number of hydrogen-bond acceptors (Lipinski definition) is 5. The SMILES string of the molecule is CS(=O)(=O)N[C@H]1CC[C@@](c2ccc(C(OCc3c(F)cccc3F)(C(F)(F)F)C(F)(F)F)cc2)(S(=O)(=O)c2ccc(F)cc2)CC1. The Kier molecular flexibility index (Phi) is 9.67. The molecule has 0 saturated heterocycles. The van der Waals surface area contributed by atoms with E-state index in [0.717, 1.165) is 48.7 Å². The van der Waals surface area contributed by atoms with Gasteiger partial charge in [0.15, 0.2) is 9.84 Å². The van der Waals surface area contributed by atoms with Crippen molar-refractivity contribution in [2.24, 2.45) is 0 Å². The lowest BCUT2D eigenvalue weighted by molar-refractivity contribution is -0.392. The van der Waals surface area contributed by atoms with Crippen molar-refractivity contribution in [2.75, 3.05) is 6.26 Å². The molecule has 0 aliphatic heterocycles. The van der Waals surface area contributed by atoms with E-state index in [9.17, 15) is 56.3 Å². The molecule has 46 heavy (non-hydrogen) atoms. The molecule has 1 fully saturated rings. The minimum atomic E-state index is -6.22. The maximum atomic E-state index is 14.4. The lowest BCUT2D eigenvalue weighted by Gasteiger charge is -2.41. The van der Waals surface area contributed by atoms with Crippen LogP contribution in [0.4, 0.5) is 39.5 Å². The topological polar surface area (TPSA) is 89.5 Å². The molecule has 1 aliphatic rings. The van der Waals surface area contributed by atoms with Crippen LogP contribution in [0.15, 0.2) is 71.6 Å². The Balaban J connectivity index is 1.83. The molecular weight excluding hydrogens is 677 g/mol. The minimum absolute atomic E-state index is 0.0817. The number of rotatable bonds is 9. The van der Waals surface area contributed by atoms with Gasteiger partial charge in [0.05, 0.1) is 17.8 Å². The Morgan fingerprint density at radius 1 is 0.783 bits per heavy atom. The van der Waals surface area contributed by atoms with Crippen LogP contribution in [0.1, 0.15) is 42.4 Å². The maximum Gasteiger partial charge on any atom is 0.430 e. The van der Waals surface area contributed by atoms with E-state index in [1.165, 1.54) is 0 Å². The molecule has 0 unspecified atom stereocenters. The summed E-state index contributed by atoms with van der Waals surface area (Å²) in [5.41, 5.74) is -8.04. The van der Waals surface area contributed by atoms with Gasteiger partial charge in [-0.3, -0.25) is 0 Å². The van der Waals surface area contributed by atoms with Gasteiger partial charge in [-0.15, -0.1) is 0 Å². The van der Waals surface area contributed by atoms with Crippen molar-refractivity contribution in [3.05, 3.63) is 101 Å². The van der Waals surface area contributed by atoms with Gasteiger partial charge in [-0.1, -0.05) is 30.3 Å². The van der Waals surface area contributed by atoms with Gasteiger partial charge >= 0.3 is 12.4 Å². The number of sulfone groups is 1. The van der Waals surface area contributed by atoms with Crippen molar-refractivity contribution in [1.29, 1.82) is 0 Å². The van der Waals surface area contributed by atoms with E-state index in [0.29, 0.717) is 24.3 Å². The van der Waals surface area contributed by atoms with Crippen LogP contribution in [0.3, 0.4) is 0 Å². The van der Waals surface area contributed by atoms with Gasteiger partial charge in [0.25, 0.3) is 5.60 Å². The van der Waals surface area contributed by atoms with Gasteiger partial charge in [0, 0.05) is 17.2 Å². The van der Waals surface area contributed by atoms with Crippen LogP contribution in [-0.2, 0) is 41.6 Å². The van der Waals surface area contributed by atoms with Gasteiger partial charge in [0.2, 0.25) is 10.0 Å². The summed E-state index contributed by atoms with van der Waals surface area (Å²) in [5, 5.41) is 0. The summed E-state index contributed by atoms with van der Waals surface area (Å²) in [6.07, 6.45) is -12.3. The van der Waals surface area contributed by atoms with Crippen LogP contribution >= 0.6 is 0 Å². The van der Waals surface area contributed by atoms with Gasteiger partial charge in [0.1, 0.15) is 22.2 Å². The standard InChI is InChI=1S/C29H26F9NO5S2/c1-45(40,41)39-21-13-15-26(16-14-21,46(42,43)22-11-9-20(30)10-12-22)18-5-7-19(8-6-18)27(28(33,34)35,29(36,37)38)44-17-23-24(31)3-2-4-25(23)32/h2-12,21,39H,13-17H2,1H3/t21-,26+. The molecule has 6 nitrogen and oxygen atoms in total. The number of halogens is 9. The highest BCUT2D eigenvalue weighted by Gasteiger charge is 2.73. The Morgan fingerprint density at radius 3 is 1.74 bits per heavy atom. The fourth-order valence-corrected chi connectivity index (χ4v) is 8.66. The Morgan fingerprint density at radius 2 is 1.28 bits per heavy atom. The van der Waals surface area contributed by atoms with E-state index in [2.05, 4.69) is 9.46 Å². The van der Waals surface area contributed by atoms with Crippen molar-refractivity contribution in [1.82, 2.24) is 4.72 Å². The Labute approximate surface area is 258 Å². The fraction of sp³-hybridized carbons (Fsp3) is 0.379. The number of benzene rings is 3. The lowest BCUT2D eigenvalue weighted by Crippen LogP contribution is -2.56. The van der Waals surface area contributed by atoms with E-state index in [1.807, 2.05) is 0 Å².